The van der Waals surface area contributed by atoms with Crippen LogP contribution in [-0.2, 0) is 6.61 Å². The maximum atomic E-state index is 12.6. The van der Waals surface area contributed by atoms with Gasteiger partial charge in [-0.1, -0.05) is 60.1 Å². The third-order valence-corrected chi connectivity index (χ3v) is 4.83. The number of carbonyl (C=O) groups is 1. The second-order valence-electron chi connectivity index (χ2n) is 6.36. The highest BCUT2D eigenvalue weighted by molar-refractivity contribution is 6.31. The molecule has 4 aromatic rings. The lowest BCUT2D eigenvalue weighted by Gasteiger charge is -2.11. The number of hydrogen-bond donors (Lipinski definition) is 2. The standard InChI is InChI=1S/C23H18ClN3O2/c24-20-10-4-1-7-16(20)15-29-22-12-6-3-9-19(22)23(28)27-26-14-17-13-25-21-11-5-2-8-18(17)21/h1-14,25H,15H2,(H,27,28)/b26-14+. The van der Waals surface area contributed by atoms with Crippen LogP contribution in [0.1, 0.15) is 21.5 Å². The Labute approximate surface area is 173 Å². The molecule has 3 aromatic carbocycles. The summed E-state index contributed by atoms with van der Waals surface area (Å²) in [5.74, 6) is 0.114. The van der Waals surface area contributed by atoms with Crippen molar-refractivity contribution in [2.24, 2.45) is 5.10 Å². The number of benzene rings is 3. The van der Waals surface area contributed by atoms with E-state index in [1.165, 1.54) is 0 Å². The monoisotopic (exact) mass is 403 g/mol. The Morgan fingerprint density at radius 3 is 2.69 bits per heavy atom. The number of aromatic amines is 1. The number of H-pyrrole nitrogens is 1. The number of hydrogen-bond acceptors (Lipinski definition) is 3. The van der Waals surface area contributed by atoms with Crippen molar-refractivity contribution >= 4 is 34.6 Å². The smallest absolute Gasteiger partial charge is 0.275 e. The molecule has 0 unspecified atom stereocenters. The number of amides is 1. The number of nitrogens with zero attached hydrogens (tertiary/aromatic N) is 1. The molecule has 0 fully saturated rings. The molecular weight excluding hydrogens is 386 g/mol. The first-order valence-electron chi connectivity index (χ1n) is 9.07. The van der Waals surface area contributed by atoms with Crippen LogP contribution in [0.5, 0.6) is 5.75 Å². The van der Waals surface area contributed by atoms with E-state index in [1.807, 2.05) is 54.7 Å². The Hall–Kier alpha value is -3.57. The summed E-state index contributed by atoms with van der Waals surface area (Å²) in [6, 6.07) is 22.4. The lowest BCUT2D eigenvalue weighted by molar-refractivity contribution is 0.0950. The molecule has 144 valence electrons. The molecule has 4 rings (SSSR count). The molecule has 0 aliphatic rings. The first-order valence-corrected chi connectivity index (χ1v) is 9.45. The number of para-hydroxylation sites is 2. The molecule has 0 atom stereocenters. The first-order chi connectivity index (χ1) is 14.2. The minimum atomic E-state index is -0.351. The summed E-state index contributed by atoms with van der Waals surface area (Å²) >= 11 is 6.17. The molecule has 29 heavy (non-hydrogen) atoms. The van der Waals surface area contributed by atoms with Crippen LogP contribution in [0.15, 0.2) is 84.1 Å². The summed E-state index contributed by atoms with van der Waals surface area (Å²) in [5, 5.41) is 5.75. The summed E-state index contributed by atoms with van der Waals surface area (Å²) in [4.78, 5) is 15.8. The van der Waals surface area contributed by atoms with E-state index in [2.05, 4.69) is 15.5 Å². The SMILES string of the molecule is O=C(N/N=C/c1c[nH]c2ccccc12)c1ccccc1OCc1ccccc1Cl. The Bertz CT molecular complexity index is 1180. The lowest BCUT2D eigenvalue weighted by atomic mass is 10.2. The van der Waals surface area contributed by atoms with E-state index in [4.69, 9.17) is 16.3 Å². The number of carbonyl (C=O) groups excluding carboxylic acids is 1. The maximum Gasteiger partial charge on any atom is 0.275 e. The van der Waals surface area contributed by atoms with E-state index in [1.54, 1.807) is 30.5 Å². The van der Waals surface area contributed by atoms with Crippen molar-refractivity contribution in [2.75, 3.05) is 0 Å². The fourth-order valence-corrected chi connectivity index (χ4v) is 3.16. The number of ether oxygens (including phenoxy) is 1. The van der Waals surface area contributed by atoms with Crippen LogP contribution in [0.2, 0.25) is 5.02 Å². The molecule has 0 radical (unpaired) electrons. The number of hydrazone groups is 1. The van der Waals surface area contributed by atoms with Gasteiger partial charge in [-0.25, -0.2) is 5.43 Å². The van der Waals surface area contributed by atoms with Crippen LogP contribution in [0.3, 0.4) is 0 Å². The van der Waals surface area contributed by atoms with E-state index in [0.29, 0.717) is 16.3 Å². The molecule has 0 aliphatic carbocycles. The predicted octanol–water partition coefficient (Wildman–Crippen LogP) is 5.16. The fraction of sp³-hybridized carbons (Fsp3) is 0.0435. The average Bonchev–Trinajstić information content (AvgIpc) is 3.16. The fourth-order valence-electron chi connectivity index (χ4n) is 2.97. The van der Waals surface area contributed by atoms with Gasteiger partial charge in [0.05, 0.1) is 11.8 Å². The van der Waals surface area contributed by atoms with Gasteiger partial charge >= 0.3 is 0 Å². The van der Waals surface area contributed by atoms with Gasteiger partial charge in [-0.3, -0.25) is 4.79 Å². The zero-order valence-corrected chi connectivity index (χ0v) is 16.2. The number of halogens is 1. The second-order valence-corrected chi connectivity index (χ2v) is 6.77. The van der Waals surface area contributed by atoms with Crippen LogP contribution in [0.25, 0.3) is 10.9 Å². The molecule has 0 spiro atoms. The van der Waals surface area contributed by atoms with Gasteiger partial charge < -0.3 is 9.72 Å². The number of aromatic nitrogens is 1. The van der Waals surface area contributed by atoms with E-state index in [-0.39, 0.29) is 12.5 Å². The van der Waals surface area contributed by atoms with Crippen molar-refractivity contribution in [3.63, 3.8) is 0 Å². The first kappa shape index (κ1) is 18.8. The van der Waals surface area contributed by atoms with Gasteiger partial charge in [0.2, 0.25) is 0 Å². The van der Waals surface area contributed by atoms with Crippen molar-refractivity contribution < 1.29 is 9.53 Å². The molecule has 1 heterocycles. The molecule has 5 nitrogen and oxygen atoms in total. The van der Waals surface area contributed by atoms with Crippen LogP contribution >= 0.6 is 11.6 Å². The van der Waals surface area contributed by atoms with Gasteiger partial charge in [0.25, 0.3) is 5.91 Å². The molecule has 1 amide bonds. The van der Waals surface area contributed by atoms with Gasteiger partial charge in [0.15, 0.2) is 0 Å². The summed E-state index contributed by atoms with van der Waals surface area (Å²) in [6.45, 7) is 0.266. The Kier molecular flexibility index (Phi) is 5.59. The largest absolute Gasteiger partial charge is 0.488 e. The summed E-state index contributed by atoms with van der Waals surface area (Å²) < 4.78 is 5.83. The molecule has 1 aromatic heterocycles. The minimum absolute atomic E-state index is 0.266. The minimum Gasteiger partial charge on any atom is -0.488 e. The Balaban J connectivity index is 1.45. The third kappa shape index (κ3) is 4.31. The van der Waals surface area contributed by atoms with E-state index in [0.717, 1.165) is 22.0 Å². The van der Waals surface area contributed by atoms with Gasteiger partial charge in [-0.15, -0.1) is 0 Å². The summed E-state index contributed by atoms with van der Waals surface area (Å²) in [6.07, 6.45) is 3.46. The van der Waals surface area contributed by atoms with Crippen LogP contribution < -0.4 is 10.2 Å². The highest BCUT2D eigenvalue weighted by atomic mass is 35.5. The number of rotatable bonds is 6. The van der Waals surface area contributed by atoms with Gasteiger partial charge in [0.1, 0.15) is 12.4 Å². The topological polar surface area (TPSA) is 66.5 Å². The van der Waals surface area contributed by atoms with Crippen LogP contribution in [-0.4, -0.2) is 17.1 Å². The average molecular weight is 404 g/mol. The van der Waals surface area contributed by atoms with E-state index in [9.17, 15) is 4.79 Å². The summed E-state index contributed by atoms with van der Waals surface area (Å²) in [5.41, 5.74) is 5.72. The van der Waals surface area contributed by atoms with E-state index < -0.39 is 0 Å². The van der Waals surface area contributed by atoms with E-state index >= 15 is 0 Å². The van der Waals surface area contributed by atoms with Crippen molar-refractivity contribution in [3.8, 4) is 5.75 Å². The van der Waals surface area contributed by atoms with Crippen LogP contribution in [0, 0.1) is 0 Å². The highest BCUT2D eigenvalue weighted by Gasteiger charge is 2.12. The van der Waals surface area contributed by atoms with Crippen molar-refractivity contribution in [1.82, 2.24) is 10.4 Å². The molecule has 2 N–H and O–H groups in total. The van der Waals surface area contributed by atoms with Gasteiger partial charge in [-0.2, -0.15) is 5.10 Å². The van der Waals surface area contributed by atoms with Crippen molar-refractivity contribution in [3.05, 3.63) is 101 Å². The van der Waals surface area contributed by atoms with Crippen LogP contribution in [0.4, 0.5) is 0 Å². The Morgan fingerprint density at radius 2 is 1.79 bits per heavy atom. The second kappa shape index (κ2) is 8.63. The zero-order chi connectivity index (χ0) is 20.1. The maximum absolute atomic E-state index is 12.6. The van der Waals surface area contributed by atoms with Gasteiger partial charge in [0, 0.05) is 33.2 Å². The third-order valence-electron chi connectivity index (χ3n) is 4.46. The molecule has 0 saturated carbocycles. The molecular formula is C23H18ClN3O2. The highest BCUT2D eigenvalue weighted by Crippen LogP contribution is 2.22. The molecule has 0 aliphatic heterocycles. The molecule has 6 heteroatoms. The number of nitrogens with one attached hydrogen (secondary N) is 2. The quantitative estimate of drug-likeness (QED) is 0.344. The van der Waals surface area contributed by atoms with Crippen molar-refractivity contribution in [1.29, 1.82) is 0 Å². The predicted molar refractivity (Wildman–Crippen MR) is 116 cm³/mol. The molecule has 0 saturated heterocycles. The van der Waals surface area contributed by atoms with Crippen molar-refractivity contribution in [2.45, 2.75) is 6.61 Å². The lowest BCUT2D eigenvalue weighted by Crippen LogP contribution is -2.18. The zero-order valence-electron chi connectivity index (χ0n) is 15.4. The normalized spacial score (nSPS) is 11.1. The van der Waals surface area contributed by atoms with Gasteiger partial charge in [-0.05, 0) is 24.3 Å². The number of fused-ring (bicyclic) bond motifs is 1. The Morgan fingerprint density at radius 1 is 1.03 bits per heavy atom. The summed E-state index contributed by atoms with van der Waals surface area (Å²) in [7, 11) is 0. The molecule has 0 bridgehead atoms.